The molecule has 1 heterocycles. The standard InChI is InChI=1S/C18H13ClF3N3O3/c19-12-5-1-3-10(7-12)16(27)24-23-14-9-15(26)25(17(14)28)13-6-2-4-11(8-13)18(20,21)22/h1-8,14,23H,9H2,(H,24,27). The summed E-state index contributed by atoms with van der Waals surface area (Å²) in [4.78, 5) is 37.4. The van der Waals surface area contributed by atoms with E-state index in [9.17, 15) is 27.6 Å². The monoisotopic (exact) mass is 411 g/mol. The topological polar surface area (TPSA) is 78.5 Å². The van der Waals surface area contributed by atoms with E-state index in [0.29, 0.717) is 9.92 Å². The van der Waals surface area contributed by atoms with Crippen LogP contribution in [0.4, 0.5) is 18.9 Å². The number of hydrazine groups is 1. The smallest absolute Gasteiger partial charge is 0.287 e. The summed E-state index contributed by atoms with van der Waals surface area (Å²) in [6.07, 6.45) is -4.92. The van der Waals surface area contributed by atoms with E-state index in [4.69, 9.17) is 11.6 Å². The molecule has 1 unspecified atom stereocenters. The number of rotatable bonds is 4. The van der Waals surface area contributed by atoms with Crippen LogP contribution < -0.4 is 15.8 Å². The molecule has 0 aromatic heterocycles. The maximum Gasteiger partial charge on any atom is 0.416 e. The number of nitrogens with one attached hydrogen (secondary N) is 2. The van der Waals surface area contributed by atoms with Gasteiger partial charge in [-0.2, -0.15) is 13.2 Å². The maximum absolute atomic E-state index is 12.9. The third kappa shape index (κ3) is 4.15. The number of nitrogens with zero attached hydrogens (tertiary/aromatic N) is 1. The van der Waals surface area contributed by atoms with Gasteiger partial charge in [-0.25, -0.2) is 10.3 Å². The second kappa shape index (κ2) is 7.61. The molecule has 0 saturated carbocycles. The molecular weight excluding hydrogens is 399 g/mol. The molecule has 2 N–H and O–H groups in total. The molecule has 1 atom stereocenters. The fourth-order valence-corrected chi connectivity index (χ4v) is 2.88. The van der Waals surface area contributed by atoms with Crippen molar-refractivity contribution in [3.05, 3.63) is 64.7 Å². The Bertz CT molecular complexity index is 949. The van der Waals surface area contributed by atoms with Gasteiger partial charge < -0.3 is 0 Å². The van der Waals surface area contributed by atoms with Crippen molar-refractivity contribution in [2.45, 2.75) is 18.6 Å². The molecule has 0 spiro atoms. The van der Waals surface area contributed by atoms with Crippen molar-refractivity contribution < 1.29 is 27.6 Å². The van der Waals surface area contributed by atoms with Gasteiger partial charge in [0, 0.05) is 10.6 Å². The van der Waals surface area contributed by atoms with E-state index in [0.717, 1.165) is 18.2 Å². The van der Waals surface area contributed by atoms with Crippen molar-refractivity contribution in [2.24, 2.45) is 0 Å². The molecule has 2 aromatic carbocycles. The lowest BCUT2D eigenvalue weighted by Crippen LogP contribution is -2.48. The molecule has 6 nitrogen and oxygen atoms in total. The van der Waals surface area contributed by atoms with E-state index in [1.807, 2.05) is 0 Å². The first-order chi connectivity index (χ1) is 13.2. The molecule has 1 aliphatic rings. The van der Waals surface area contributed by atoms with Crippen LogP contribution in [-0.4, -0.2) is 23.8 Å². The lowest BCUT2D eigenvalue weighted by Gasteiger charge is -2.17. The van der Waals surface area contributed by atoms with Crippen LogP contribution in [0.1, 0.15) is 22.3 Å². The Kier molecular flexibility index (Phi) is 5.39. The van der Waals surface area contributed by atoms with Gasteiger partial charge in [0.25, 0.3) is 11.8 Å². The molecule has 28 heavy (non-hydrogen) atoms. The van der Waals surface area contributed by atoms with E-state index in [-0.39, 0.29) is 17.7 Å². The molecule has 3 rings (SSSR count). The van der Waals surface area contributed by atoms with Crippen molar-refractivity contribution in [1.82, 2.24) is 10.9 Å². The average Bonchev–Trinajstić information content (AvgIpc) is 2.92. The molecule has 1 aliphatic heterocycles. The van der Waals surface area contributed by atoms with Crippen LogP contribution in [0.2, 0.25) is 5.02 Å². The Hall–Kier alpha value is -2.91. The number of halogens is 4. The molecule has 0 bridgehead atoms. The highest BCUT2D eigenvalue weighted by Crippen LogP contribution is 2.33. The minimum absolute atomic E-state index is 0.185. The Morgan fingerprint density at radius 2 is 1.82 bits per heavy atom. The van der Waals surface area contributed by atoms with Crippen molar-refractivity contribution in [1.29, 1.82) is 0 Å². The van der Waals surface area contributed by atoms with Crippen molar-refractivity contribution in [3.8, 4) is 0 Å². The number of anilines is 1. The van der Waals surface area contributed by atoms with Crippen LogP contribution in [0.3, 0.4) is 0 Å². The van der Waals surface area contributed by atoms with Crippen LogP contribution in [0.25, 0.3) is 0 Å². The Labute approximate surface area is 162 Å². The van der Waals surface area contributed by atoms with Gasteiger partial charge in [0.2, 0.25) is 5.91 Å². The zero-order valence-corrected chi connectivity index (χ0v) is 14.8. The normalized spacial score (nSPS) is 17.1. The first-order valence-electron chi connectivity index (χ1n) is 8.02. The zero-order chi connectivity index (χ0) is 20.5. The summed E-state index contributed by atoms with van der Waals surface area (Å²) in [6.45, 7) is 0. The molecule has 1 saturated heterocycles. The Morgan fingerprint density at radius 1 is 1.11 bits per heavy atom. The van der Waals surface area contributed by atoms with E-state index < -0.39 is 35.5 Å². The molecule has 2 aromatic rings. The summed E-state index contributed by atoms with van der Waals surface area (Å²) in [5.41, 5.74) is 3.81. The van der Waals surface area contributed by atoms with Gasteiger partial charge in [0.1, 0.15) is 6.04 Å². The summed E-state index contributed by atoms with van der Waals surface area (Å²) in [5, 5.41) is 0.343. The van der Waals surface area contributed by atoms with Gasteiger partial charge >= 0.3 is 6.18 Å². The summed E-state index contributed by atoms with van der Waals surface area (Å²) in [6, 6.07) is 8.87. The first kappa shape index (κ1) is 19.8. The van der Waals surface area contributed by atoms with Crippen LogP contribution in [-0.2, 0) is 15.8 Å². The molecule has 0 radical (unpaired) electrons. The van der Waals surface area contributed by atoms with Gasteiger partial charge in [-0.1, -0.05) is 23.7 Å². The fourth-order valence-electron chi connectivity index (χ4n) is 2.69. The zero-order valence-electron chi connectivity index (χ0n) is 14.1. The largest absolute Gasteiger partial charge is 0.416 e. The Morgan fingerprint density at radius 3 is 2.50 bits per heavy atom. The van der Waals surface area contributed by atoms with E-state index in [1.165, 1.54) is 18.2 Å². The number of imide groups is 1. The Balaban J connectivity index is 1.71. The van der Waals surface area contributed by atoms with Gasteiger partial charge in [-0.15, -0.1) is 0 Å². The minimum Gasteiger partial charge on any atom is -0.287 e. The van der Waals surface area contributed by atoms with E-state index in [2.05, 4.69) is 10.9 Å². The van der Waals surface area contributed by atoms with Gasteiger partial charge in [-0.3, -0.25) is 19.8 Å². The highest BCUT2D eigenvalue weighted by atomic mass is 35.5. The number of hydrogen-bond donors (Lipinski definition) is 2. The van der Waals surface area contributed by atoms with Crippen LogP contribution >= 0.6 is 11.6 Å². The third-order valence-corrected chi connectivity index (χ3v) is 4.26. The van der Waals surface area contributed by atoms with Crippen LogP contribution in [0.5, 0.6) is 0 Å². The average molecular weight is 412 g/mol. The number of carbonyl (C=O) groups excluding carboxylic acids is 3. The molecule has 3 amide bonds. The fraction of sp³-hybridized carbons (Fsp3) is 0.167. The quantitative estimate of drug-likeness (QED) is 0.599. The summed E-state index contributed by atoms with van der Waals surface area (Å²) in [5.74, 6) is -2.03. The molecule has 0 aliphatic carbocycles. The SMILES string of the molecule is O=C(NNC1CC(=O)N(c2cccc(C(F)(F)F)c2)C1=O)c1cccc(Cl)c1. The van der Waals surface area contributed by atoms with E-state index in [1.54, 1.807) is 12.1 Å². The van der Waals surface area contributed by atoms with Gasteiger partial charge in [0.15, 0.2) is 0 Å². The molecule has 1 fully saturated rings. The van der Waals surface area contributed by atoms with Gasteiger partial charge in [0.05, 0.1) is 17.7 Å². The highest BCUT2D eigenvalue weighted by molar-refractivity contribution is 6.31. The molecule has 146 valence electrons. The second-order valence-corrected chi connectivity index (χ2v) is 6.42. The number of carbonyl (C=O) groups is 3. The number of amides is 3. The number of benzene rings is 2. The highest BCUT2D eigenvalue weighted by Gasteiger charge is 2.40. The van der Waals surface area contributed by atoms with Crippen LogP contribution in [0, 0.1) is 0 Å². The lowest BCUT2D eigenvalue weighted by molar-refractivity contribution is -0.137. The summed E-state index contributed by atoms with van der Waals surface area (Å²) < 4.78 is 38.6. The number of alkyl halides is 3. The second-order valence-electron chi connectivity index (χ2n) is 5.98. The lowest BCUT2D eigenvalue weighted by atomic mass is 10.2. The van der Waals surface area contributed by atoms with Gasteiger partial charge in [-0.05, 0) is 36.4 Å². The third-order valence-electron chi connectivity index (χ3n) is 4.03. The number of hydrogen-bond acceptors (Lipinski definition) is 4. The summed E-state index contributed by atoms with van der Waals surface area (Å²) >= 11 is 5.80. The minimum atomic E-state index is -4.61. The maximum atomic E-state index is 12.9. The predicted octanol–water partition coefficient (Wildman–Crippen LogP) is 2.93. The van der Waals surface area contributed by atoms with Crippen molar-refractivity contribution in [2.75, 3.05) is 4.90 Å². The molecular formula is C18H13ClF3N3O3. The first-order valence-corrected chi connectivity index (χ1v) is 8.40. The molecule has 10 heteroatoms. The van der Waals surface area contributed by atoms with Crippen LogP contribution in [0.15, 0.2) is 48.5 Å². The van der Waals surface area contributed by atoms with Crippen molar-refractivity contribution >= 4 is 35.0 Å². The predicted molar refractivity (Wildman–Crippen MR) is 94.4 cm³/mol. The summed E-state index contributed by atoms with van der Waals surface area (Å²) in [7, 11) is 0. The van der Waals surface area contributed by atoms with Crippen molar-refractivity contribution in [3.63, 3.8) is 0 Å². The van der Waals surface area contributed by atoms with E-state index >= 15 is 0 Å².